The summed E-state index contributed by atoms with van der Waals surface area (Å²) in [5.74, 6) is -0.0500. The Morgan fingerprint density at radius 3 is 2.87 bits per heavy atom. The second kappa shape index (κ2) is 7.62. The molecule has 5 nitrogen and oxygen atoms in total. The van der Waals surface area contributed by atoms with E-state index in [-0.39, 0.29) is 18.3 Å². The van der Waals surface area contributed by atoms with Crippen LogP contribution >= 0.6 is 12.4 Å². The van der Waals surface area contributed by atoms with Gasteiger partial charge < -0.3 is 10.6 Å². The Balaban J connectivity index is 0.00000192. The van der Waals surface area contributed by atoms with Crippen molar-refractivity contribution in [3.05, 3.63) is 47.3 Å². The Bertz CT molecular complexity index is 677. The van der Waals surface area contributed by atoms with E-state index in [1.54, 1.807) is 6.20 Å². The Morgan fingerprint density at radius 1 is 1.39 bits per heavy atom. The number of aromatic nitrogens is 2. The van der Waals surface area contributed by atoms with Crippen molar-refractivity contribution in [3.8, 4) is 5.69 Å². The summed E-state index contributed by atoms with van der Waals surface area (Å²) in [6, 6.07) is 8.44. The molecule has 0 saturated carbocycles. The lowest BCUT2D eigenvalue weighted by atomic mass is 10.2. The van der Waals surface area contributed by atoms with Crippen LogP contribution in [-0.4, -0.2) is 34.8 Å². The number of carbonyl (C=O) groups is 1. The zero-order valence-electron chi connectivity index (χ0n) is 13.5. The smallest absolute Gasteiger partial charge is 0.254 e. The molecule has 0 bridgehead atoms. The molecular formula is C17H23ClN4O. The van der Waals surface area contributed by atoms with E-state index in [0.717, 1.165) is 29.9 Å². The Kier molecular flexibility index (Phi) is 5.80. The van der Waals surface area contributed by atoms with E-state index in [2.05, 4.69) is 15.7 Å². The number of carbonyl (C=O) groups excluding carboxylic acids is 1. The normalized spacial score (nSPS) is 16.9. The summed E-state index contributed by atoms with van der Waals surface area (Å²) in [7, 11) is 0. The average Bonchev–Trinajstić information content (AvgIpc) is 3.15. The Morgan fingerprint density at radius 2 is 2.17 bits per heavy atom. The maximum absolute atomic E-state index is 12.4. The van der Waals surface area contributed by atoms with Crippen molar-refractivity contribution in [2.75, 3.05) is 13.1 Å². The SMILES string of the molecule is Cc1ccccc1-n1ncc(C(=O)NCC2CCCN2)c1C.Cl. The highest BCUT2D eigenvalue weighted by Crippen LogP contribution is 2.17. The fraction of sp³-hybridized carbons (Fsp3) is 0.412. The van der Waals surface area contributed by atoms with Crippen LogP contribution in [0.2, 0.25) is 0 Å². The number of amides is 1. The molecule has 2 aromatic rings. The molecule has 2 heterocycles. The monoisotopic (exact) mass is 334 g/mol. The first-order valence-electron chi connectivity index (χ1n) is 7.79. The van der Waals surface area contributed by atoms with Crippen LogP contribution in [-0.2, 0) is 0 Å². The highest BCUT2D eigenvalue weighted by atomic mass is 35.5. The van der Waals surface area contributed by atoms with Crippen LogP contribution in [0.1, 0.15) is 34.5 Å². The molecule has 0 spiro atoms. The number of nitrogens with one attached hydrogen (secondary N) is 2. The van der Waals surface area contributed by atoms with E-state index >= 15 is 0 Å². The highest BCUT2D eigenvalue weighted by Gasteiger charge is 2.18. The van der Waals surface area contributed by atoms with Crippen molar-refractivity contribution in [2.24, 2.45) is 0 Å². The predicted octanol–water partition coefficient (Wildman–Crippen LogP) is 2.39. The lowest BCUT2D eigenvalue weighted by molar-refractivity contribution is 0.0949. The molecule has 124 valence electrons. The number of hydrogen-bond donors (Lipinski definition) is 2. The van der Waals surface area contributed by atoms with Gasteiger partial charge in [0.1, 0.15) is 0 Å². The van der Waals surface area contributed by atoms with Crippen molar-refractivity contribution < 1.29 is 4.79 Å². The summed E-state index contributed by atoms with van der Waals surface area (Å²) in [6.07, 6.45) is 3.96. The van der Waals surface area contributed by atoms with Crippen LogP contribution in [0.15, 0.2) is 30.5 Å². The number of benzene rings is 1. The van der Waals surface area contributed by atoms with Gasteiger partial charge in [-0.25, -0.2) is 4.68 Å². The van der Waals surface area contributed by atoms with Gasteiger partial charge in [0, 0.05) is 12.6 Å². The summed E-state index contributed by atoms with van der Waals surface area (Å²) in [6.45, 7) is 5.70. The van der Waals surface area contributed by atoms with Gasteiger partial charge in [-0.15, -0.1) is 12.4 Å². The van der Waals surface area contributed by atoms with Crippen molar-refractivity contribution >= 4 is 18.3 Å². The van der Waals surface area contributed by atoms with Gasteiger partial charge in [0.2, 0.25) is 0 Å². The molecule has 1 aromatic carbocycles. The van der Waals surface area contributed by atoms with E-state index in [4.69, 9.17) is 0 Å². The van der Waals surface area contributed by atoms with Gasteiger partial charge in [-0.1, -0.05) is 18.2 Å². The molecule has 1 aliphatic rings. The zero-order chi connectivity index (χ0) is 15.5. The number of rotatable bonds is 4. The first-order valence-corrected chi connectivity index (χ1v) is 7.79. The number of aryl methyl sites for hydroxylation is 1. The Labute approximate surface area is 142 Å². The summed E-state index contributed by atoms with van der Waals surface area (Å²) in [4.78, 5) is 12.4. The lowest BCUT2D eigenvalue weighted by Gasteiger charge is -2.12. The van der Waals surface area contributed by atoms with Crippen molar-refractivity contribution in [3.63, 3.8) is 0 Å². The second-order valence-electron chi connectivity index (χ2n) is 5.85. The predicted molar refractivity (Wildman–Crippen MR) is 93.6 cm³/mol. The molecule has 1 aromatic heterocycles. The molecule has 1 atom stereocenters. The van der Waals surface area contributed by atoms with Crippen molar-refractivity contribution in [1.29, 1.82) is 0 Å². The summed E-state index contributed by atoms with van der Waals surface area (Å²) in [5.41, 5.74) is 3.65. The maximum atomic E-state index is 12.4. The maximum Gasteiger partial charge on any atom is 0.254 e. The van der Waals surface area contributed by atoms with E-state index in [9.17, 15) is 4.79 Å². The average molecular weight is 335 g/mol. The molecule has 1 unspecified atom stereocenters. The standard InChI is InChI=1S/C17H22N4O.ClH/c1-12-6-3-4-8-16(12)21-13(2)15(11-20-21)17(22)19-10-14-7-5-9-18-14;/h3-4,6,8,11,14,18H,5,7,9-10H2,1-2H3,(H,19,22);1H. The van der Waals surface area contributed by atoms with Crippen LogP contribution in [0, 0.1) is 13.8 Å². The summed E-state index contributed by atoms with van der Waals surface area (Å²) in [5, 5.41) is 10.8. The van der Waals surface area contributed by atoms with Gasteiger partial charge in [-0.3, -0.25) is 4.79 Å². The van der Waals surface area contributed by atoms with Gasteiger partial charge in [-0.2, -0.15) is 5.10 Å². The fourth-order valence-corrected chi connectivity index (χ4v) is 2.92. The first-order chi connectivity index (χ1) is 10.7. The molecule has 0 radical (unpaired) electrons. The molecule has 3 rings (SSSR count). The molecule has 1 saturated heterocycles. The number of para-hydroxylation sites is 1. The van der Waals surface area contributed by atoms with Crippen molar-refractivity contribution in [2.45, 2.75) is 32.7 Å². The molecule has 23 heavy (non-hydrogen) atoms. The molecule has 0 aliphatic carbocycles. The molecular weight excluding hydrogens is 312 g/mol. The van der Waals surface area contributed by atoms with Crippen LogP contribution in [0.3, 0.4) is 0 Å². The minimum atomic E-state index is -0.0500. The van der Waals surface area contributed by atoms with Gasteiger partial charge in [-0.05, 0) is 44.9 Å². The minimum Gasteiger partial charge on any atom is -0.350 e. The van der Waals surface area contributed by atoms with Gasteiger partial charge in [0.25, 0.3) is 5.91 Å². The third-order valence-electron chi connectivity index (χ3n) is 4.27. The van der Waals surface area contributed by atoms with Gasteiger partial charge in [0.05, 0.1) is 23.1 Å². The van der Waals surface area contributed by atoms with Crippen LogP contribution in [0.4, 0.5) is 0 Å². The molecule has 6 heteroatoms. The number of nitrogens with zero attached hydrogens (tertiary/aromatic N) is 2. The Hall–Kier alpha value is -1.85. The third-order valence-corrected chi connectivity index (χ3v) is 4.27. The number of halogens is 1. The molecule has 1 amide bonds. The quantitative estimate of drug-likeness (QED) is 0.902. The third kappa shape index (κ3) is 3.74. The van der Waals surface area contributed by atoms with Crippen LogP contribution in [0.25, 0.3) is 5.69 Å². The first kappa shape index (κ1) is 17.5. The van der Waals surface area contributed by atoms with Gasteiger partial charge in [0.15, 0.2) is 0 Å². The van der Waals surface area contributed by atoms with E-state index in [0.29, 0.717) is 18.2 Å². The van der Waals surface area contributed by atoms with Crippen LogP contribution in [0.5, 0.6) is 0 Å². The molecule has 1 fully saturated rings. The van der Waals surface area contributed by atoms with Crippen molar-refractivity contribution in [1.82, 2.24) is 20.4 Å². The summed E-state index contributed by atoms with van der Waals surface area (Å²) < 4.78 is 1.83. The zero-order valence-corrected chi connectivity index (χ0v) is 14.3. The van der Waals surface area contributed by atoms with Crippen LogP contribution < -0.4 is 10.6 Å². The topological polar surface area (TPSA) is 59.0 Å². The lowest BCUT2D eigenvalue weighted by Crippen LogP contribution is -2.37. The molecule has 2 N–H and O–H groups in total. The molecule has 1 aliphatic heterocycles. The number of hydrogen-bond acceptors (Lipinski definition) is 3. The largest absolute Gasteiger partial charge is 0.350 e. The van der Waals surface area contributed by atoms with E-state index < -0.39 is 0 Å². The van der Waals surface area contributed by atoms with E-state index in [1.807, 2.05) is 42.8 Å². The highest BCUT2D eigenvalue weighted by molar-refractivity contribution is 5.95. The van der Waals surface area contributed by atoms with Gasteiger partial charge >= 0.3 is 0 Å². The fourth-order valence-electron chi connectivity index (χ4n) is 2.92. The van der Waals surface area contributed by atoms with E-state index in [1.165, 1.54) is 6.42 Å². The second-order valence-corrected chi connectivity index (χ2v) is 5.85. The minimum absolute atomic E-state index is 0. The summed E-state index contributed by atoms with van der Waals surface area (Å²) >= 11 is 0.